The Morgan fingerprint density at radius 1 is 1.33 bits per heavy atom. The molecule has 1 fully saturated rings. The van der Waals surface area contributed by atoms with Gasteiger partial charge in [-0.05, 0) is 63.0 Å². The zero-order chi connectivity index (χ0) is 14.9. The highest BCUT2D eigenvalue weighted by Gasteiger charge is 2.21. The number of piperidine rings is 1. The van der Waals surface area contributed by atoms with Crippen LogP contribution in [0.1, 0.15) is 18.4 Å². The normalized spacial score (nSPS) is 20.2. The summed E-state index contributed by atoms with van der Waals surface area (Å²) in [5, 5.41) is 3.23. The van der Waals surface area contributed by atoms with Crippen molar-refractivity contribution in [2.24, 2.45) is 5.92 Å². The first-order valence-electron chi connectivity index (χ1n) is 7.59. The number of hydrogen-bond acceptors (Lipinski definition) is 4. The fraction of sp³-hybridized carbons (Fsp3) is 0.600. The first kappa shape index (κ1) is 14.8. The highest BCUT2D eigenvalue weighted by molar-refractivity contribution is 7.89. The van der Waals surface area contributed by atoms with E-state index in [4.69, 9.17) is 0 Å². The third-order valence-electron chi connectivity index (χ3n) is 4.50. The van der Waals surface area contributed by atoms with Gasteiger partial charge in [-0.1, -0.05) is 6.07 Å². The van der Waals surface area contributed by atoms with Gasteiger partial charge in [-0.3, -0.25) is 0 Å². The molecule has 21 heavy (non-hydrogen) atoms. The Labute approximate surface area is 126 Å². The molecule has 6 heteroatoms. The number of nitrogens with zero attached hydrogens (tertiary/aromatic N) is 1. The second-order valence-corrected chi connectivity index (χ2v) is 7.86. The molecule has 2 N–H and O–H groups in total. The number of sulfonamides is 1. The molecule has 0 amide bonds. The van der Waals surface area contributed by atoms with Gasteiger partial charge in [0.05, 0.1) is 4.90 Å². The lowest BCUT2D eigenvalue weighted by molar-refractivity contribution is 0.220. The van der Waals surface area contributed by atoms with Gasteiger partial charge in [0.25, 0.3) is 0 Å². The lowest BCUT2D eigenvalue weighted by Crippen LogP contribution is -2.36. The summed E-state index contributed by atoms with van der Waals surface area (Å²) in [6, 6.07) is 5.38. The topological polar surface area (TPSA) is 61.4 Å². The summed E-state index contributed by atoms with van der Waals surface area (Å²) < 4.78 is 27.6. The van der Waals surface area contributed by atoms with Crippen LogP contribution in [0.25, 0.3) is 0 Å². The van der Waals surface area contributed by atoms with Crippen molar-refractivity contribution >= 4 is 15.7 Å². The molecule has 1 aromatic carbocycles. The third kappa shape index (κ3) is 3.39. The van der Waals surface area contributed by atoms with Crippen LogP contribution in [0.4, 0.5) is 5.69 Å². The van der Waals surface area contributed by atoms with E-state index in [1.54, 1.807) is 12.1 Å². The van der Waals surface area contributed by atoms with Crippen molar-refractivity contribution in [2.75, 3.05) is 38.5 Å². The van der Waals surface area contributed by atoms with Gasteiger partial charge < -0.3 is 10.2 Å². The van der Waals surface area contributed by atoms with Crippen molar-refractivity contribution in [3.8, 4) is 0 Å². The van der Waals surface area contributed by atoms with E-state index in [0.29, 0.717) is 17.4 Å². The molecule has 0 atom stereocenters. The summed E-state index contributed by atoms with van der Waals surface area (Å²) >= 11 is 0. The largest absolute Gasteiger partial charge is 0.384 e. The summed E-state index contributed by atoms with van der Waals surface area (Å²) in [4.78, 5) is 2.65. The van der Waals surface area contributed by atoms with Crippen molar-refractivity contribution in [3.63, 3.8) is 0 Å². The van der Waals surface area contributed by atoms with Crippen LogP contribution in [0.2, 0.25) is 0 Å². The summed E-state index contributed by atoms with van der Waals surface area (Å²) in [5.74, 6) is 0.448. The smallest absolute Gasteiger partial charge is 0.240 e. The molecule has 3 rings (SSSR count). The molecular weight excluding hydrogens is 286 g/mol. The number of anilines is 1. The summed E-state index contributed by atoms with van der Waals surface area (Å²) in [6.07, 6.45) is 3.09. The van der Waals surface area contributed by atoms with Crippen LogP contribution in [-0.4, -0.2) is 46.5 Å². The Balaban J connectivity index is 1.64. The highest BCUT2D eigenvalue weighted by atomic mass is 32.2. The SMILES string of the molecule is CN1CCC(CNS(=O)(=O)c2ccc3c(c2)NCC3)CC1. The number of likely N-dealkylation sites (tertiary alicyclic amines) is 1. The quantitative estimate of drug-likeness (QED) is 0.879. The van der Waals surface area contributed by atoms with Crippen molar-refractivity contribution in [2.45, 2.75) is 24.2 Å². The van der Waals surface area contributed by atoms with Crippen LogP contribution in [0.3, 0.4) is 0 Å². The Morgan fingerprint density at radius 3 is 2.86 bits per heavy atom. The van der Waals surface area contributed by atoms with Crippen molar-refractivity contribution < 1.29 is 8.42 Å². The minimum Gasteiger partial charge on any atom is -0.384 e. The van der Waals surface area contributed by atoms with Gasteiger partial charge >= 0.3 is 0 Å². The maximum absolute atomic E-state index is 12.4. The molecule has 2 aliphatic heterocycles. The molecule has 0 unspecified atom stereocenters. The fourth-order valence-electron chi connectivity index (χ4n) is 3.01. The zero-order valence-corrected chi connectivity index (χ0v) is 13.2. The lowest BCUT2D eigenvalue weighted by Gasteiger charge is -2.28. The monoisotopic (exact) mass is 309 g/mol. The predicted molar refractivity (Wildman–Crippen MR) is 84.0 cm³/mol. The van der Waals surface area contributed by atoms with E-state index in [0.717, 1.165) is 44.6 Å². The van der Waals surface area contributed by atoms with Gasteiger partial charge in [0.1, 0.15) is 0 Å². The fourth-order valence-corrected chi connectivity index (χ4v) is 4.16. The molecule has 0 aromatic heterocycles. The van der Waals surface area contributed by atoms with Gasteiger partial charge in [0.2, 0.25) is 10.0 Å². The van der Waals surface area contributed by atoms with Crippen LogP contribution in [-0.2, 0) is 16.4 Å². The Bertz CT molecular complexity index is 607. The number of nitrogens with one attached hydrogen (secondary N) is 2. The summed E-state index contributed by atoms with van der Waals surface area (Å²) in [7, 11) is -1.29. The van der Waals surface area contributed by atoms with E-state index < -0.39 is 10.0 Å². The third-order valence-corrected chi connectivity index (χ3v) is 5.92. The van der Waals surface area contributed by atoms with Crippen LogP contribution in [0.15, 0.2) is 23.1 Å². The average molecular weight is 309 g/mol. The van der Waals surface area contributed by atoms with Gasteiger partial charge in [-0.15, -0.1) is 0 Å². The molecule has 0 aliphatic carbocycles. The molecule has 2 aliphatic rings. The minimum atomic E-state index is -3.40. The second-order valence-electron chi connectivity index (χ2n) is 6.09. The Hall–Kier alpha value is -1.11. The second kappa shape index (κ2) is 5.94. The molecule has 0 spiro atoms. The van der Waals surface area contributed by atoms with Crippen molar-refractivity contribution in [1.29, 1.82) is 0 Å². The van der Waals surface area contributed by atoms with Crippen LogP contribution in [0.5, 0.6) is 0 Å². The van der Waals surface area contributed by atoms with Gasteiger partial charge in [0, 0.05) is 18.8 Å². The highest BCUT2D eigenvalue weighted by Crippen LogP contribution is 2.25. The van der Waals surface area contributed by atoms with Crippen LogP contribution >= 0.6 is 0 Å². The van der Waals surface area contributed by atoms with E-state index in [2.05, 4.69) is 22.0 Å². The maximum atomic E-state index is 12.4. The molecule has 2 heterocycles. The molecule has 0 saturated carbocycles. The average Bonchev–Trinajstić information content (AvgIpc) is 2.94. The lowest BCUT2D eigenvalue weighted by atomic mass is 9.98. The molecule has 5 nitrogen and oxygen atoms in total. The predicted octanol–water partition coefficient (Wildman–Crippen LogP) is 1.27. The van der Waals surface area contributed by atoms with Crippen LogP contribution in [0, 0.1) is 5.92 Å². The molecular formula is C15H23N3O2S. The Morgan fingerprint density at radius 2 is 2.10 bits per heavy atom. The summed E-state index contributed by atoms with van der Waals surface area (Å²) in [5.41, 5.74) is 2.15. The first-order chi connectivity index (χ1) is 10.0. The van der Waals surface area contributed by atoms with E-state index in [-0.39, 0.29) is 0 Å². The molecule has 116 valence electrons. The van der Waals surface area contributed by atoms with Gasteiger partial charge in [0.15, 0.2) is 0 Å². The maximum Gasteiger partial charge on any atom is 0.240 e. The summed E-state index contributed by atoms with van der Waals surface area (Å²) in [6.45, 7) is 3.53. The van der Waals surface area contributed by atoms with E-state index in [1.165, 1.54) is 5.56 Å². The zero-order valence-electron chi connectivity index (χ0n) is 12.4. The number of hydrogen-bond donors (Lipinski definition) is 2. The van der Waals surface area contributed by atoms with Crippen molar-refractivity contribution in [3.05, 3.63) is 23.8 Å². The standard InChI is InChI=1S/C15H23N3O2S/c1-18-8-5-12(6-9-18)11-17-21(19,20)14-3-2-13-4-7-16-15(13)10-14/h2-3,10,12,16-17H,4-9,11H2,1H3. The minimum absolute atomic E-state index is 0.364. The van der Waals surface area contributed by atoms with Gasteiger partial charge in [-0.2, -0.15) is 0 Å². The first-order valence-corrected chi connectivity index (χ1v) is 9.08. The molecule has 0 radical (unpaired) electrons. The number of fused-ring (bicyclic) bond motifs is 1. The molecule has 1 aromatic rings. The van der Waals surface area contributed by atoms with E-state index >= 15 is 0 Å². The van der Waals surface area contributed by atoms with Crippen molar-refractivity contribution in [1.82, 2.24) is 9.62 Å². The van der Waals surface area contributed by atoms with E-state index in [9.17, 15) is 8.42 Å². The number of rotatable bonds is 4. The molecule has 0 bridgehead atoms. The van der Waals surface area contributed by atoms with E-state index in [1.807, 2.05) is 6.07 Å². The molecule has 1 saturated heterocycles. The van der Waals surface area contributed by atoms with Gasteiger partial charge in [-0.25, -0.2) is 13.1 Å². The number of benzene rings is 1. The van der Waals surface area contributed by atoms with Crippen LogP contribution < -0.4 is 10.0 Å². The Kier molecular flexibility index (Phi) is 4.19.